The van der Waals surface area contributed by atoms with Crippen molar-refractivity contribution < 1.29 is 4.79 Å². The van der Waals surface area contributed by atoms with E-state index in [1.54, 1.807) is 0 Å². The molecule has 1 aliphatic heterocycles. The van der Waals surface area contributed by atoms with Crippen LogP contribution in [0, 0.1) is 0 Å². The van der Waals surface area contributed by atoms with Crippen molar-refractivity contribution in [3.8, 4) is 0 Å². The van der Waals surface area contributed by atoms with Crippen LogP contribution in [0.4, 0.5) is 5.82 Å². The summed E-state index contributed by atoms with van der Waals surface area (Å²) in [7, 11) is 1.83. The topological polar surface area (TPSA) is 45.2 Å². The van der Waals surface area contributed by atoms with E-state index in [-0.39, 0.29) is 10.7 Å². The third-order valence-electron chi connectivity index (χ3n) is 3.65. The lowest BCUT2D eigenvalue weighted by atomic mass is 10.1. The Morgan fingerprint density at radius 1 is 1.43 bits per heavy atom. The second kappa shape index (κ2) is 6.26. The van der Waals surface area contributed by atoms with Crippen molar-refractivity contribution in [2.45, 2.75) is 38.4 Å². The number of carbonyl (C=O) groups excluding carboxylic acids is 1. The molecule has 0 aliphatic carbocycles. The van der Waals surface area contributed by atoms with Crippen LogP contribution in [0.2, 0.25) is 0 Å². The van der Waals surface area contributed by atoms with Gasteiger partial charge in [-0.25, -0.2) is 4.98 Å². The predicted octanol–water partition coefficient (Wildman–Crippen LogP) is 3.21. The number of aromatic nitrogens is 1. The van der Waals surface area contributed by atoms with Gasteiger partial charge in [0.25, 0.3) is 5.91 Å². The Kier molecular flexibility index (Phi) is 4.81. The van der Waals surface area contributed by atoms with Crippen LogP contribution >= 0.6 is 11.8 Å². The zero-order valence-electron chi connectivity index (χ0n) is 13.6. The van der Waals surface area contributed by atoms with Gasteiger partial charge < -0.3 is 10.2 Å². The smallest absolute Gasteiger partial charge is 0.254 e. The second-order valence-corrected chi connectivity index (χ2v) is 8.21. The van der Waals surface area contributed by atoms with Crippen LogP contribution in [0.1, 0.15) is 49.7 Å². The van der Waals surface area contributed by atoms with E-state index in [4.69, 9.17) is 0 Å². The molecule has 0 unspecified atom stereocenters. The van der Waals surface area contributed by atoms with E-state index in [0.29, 0.717) is 5.92 Å². The summed E-state index contributed by atoms with van der Waals surface area (Å²) in [5.41, 5.74) is 1.69. The molecule has 1 N–H and O–H groups in total. The Morgan fingerprint density at radius 2 is 2.14 bits per heavy atom. The molecule has 116 valence electrons. The quantitative estimate of drug-likeness (QED) is 0.931. The van der Waals surface area contributed by atoms with Gasteiger partial charge in [0.1, 0.15) is 5.82 Å². The van der Waals surface area contributed by atoms with Crippen LogP contribution in [0.15, 0.2) is 12.1 Å². The molecule has 0 aromatic carbocycles. The first-order valence-corrected chi connectivity index (χ1v) is 8.44. The summed E-state index contributed by atoms with van der Waals surface area (Å²) in [6, 6.07) is 3.78. The molecule has 2 rings (SSSR count). The molecular formula is C16H25N3OS. The molecule has 5 heteroatoms. The van der Waals surface area contributed by atoms with Gasteiger partial charge in [0.05, 0.1) is 0 Å². The van der Waals surface area contributed by atoms with Gasteiger partial charge in [-0.05, 0) is 31.9 Å². The summed E-state index contributed by atoms with van der Waals surface area (Å²) in [4.78, 5) is 19.3. The Hall–Kier alpha value is -1.23. The Morgan fingerprint density at radius 3 is 2.71 bits per heavy atom. The normalized spacial score (nSPS) is 17.9. The number of thioether (sulfide) groups is 1. The molecule has 0 saturated carbocycles. The van der Waals surface area contributed by atoms with Crippen LogP contribution in [0.5, 0.6) is 0 Å². The zero-order chi connectivity index (χ0) is 15.6. The summed E-state index contributed by atoms with van der Waals surface area (Å²) in [5.74, 6) is 2.18. The van der Waals surface area contributed by atoms with Crippen molar-refractivity contribution in [2.24, 2.45) is 0 Å². The lowest BCUT2D eigenvalue weighted by Gasteiger charge is -2.37. The zero-order valence-corrected chi connectivity index (χ0v) is 14.4. The van der Waals surface area contributed by atoms with Crippen LogP contribution in [-0.2, 0) is 0 Å². The molecule has 1 aromatic rings. The van der Waals surface area contributed by atoms with Crippen molar-refractivity contribution in [1.29, 1.82) is 0 Å². The fraction of sp³-hybridized carbons (Fsp3) is 0.625. The highest BCUT2D eigenvalue weighted by atomic mass is 32.2. The van der Waals surface area contributed by atoms with E-state index >= 15 is 0 Å². The maximum atomic E-state index is 12.8. The molecule has 4 nitrogen and oxygen atoms in total. The van der Waals surface area contributed by atoms with E-state index in [9.17, 15) is 4.79 Å². The van der Waals surface area contributed by atoms with Gasteiger partial charge in [0.15, 0.2) is 0 Å². The second-order valence-electron chi connectivity index (χ2n) is 6.41. The Balaban J connectivity index is 2.28. The highest BCUT2D eigenvalue weighted by molar-refractivity contribution is 8.00. The number of rotatable bonds is 3. The number of nitrogens with one attached hydrogen (secondary N) is 1. The SMILES string of the molecule is CNc1cc(C(=O)N2CCSC(C)(C)C2)cc(C(C)C)n1. The molecule has 1 saturated heterocycles. The van der Waals surface area contributed by atoms with E-state index in [0.717, 1.165) is 35.9 Å². The average Bonchev–Trinajstić information content (AvgIpc) is 2.44. The first-order valence-electron chi connectivity index (χ1n) is 7.45. The molecule has 2 heterocycles. The molecule has 21 heavy (non-hydrogen) atoms. The van der Waals surface area contributed by atoms with Gasteiger partial charge in [-0.15, -0.1) is 0 Å². The fourth-order valence-corrected chi connectivity index (χ4v) is 3.58. The molecule has 0 atom stereocenters. The standard InChI is InChI=1S/C16H25N3OS/c1-11(2)13-8-12(9-14(17-5)18-13)15(20)19-6-7-21-16(3,4)10-19/h8-9,11H,6-7,10H2,1-5H3,(H,17,18). The summed E-state index contributed by atoms with van der Waals surface area (Å²) in [6.45, 7) is 10.2. The van der Waals surface area contributed by atoms with Gasteiger partial charge in [-0.3, -0.25) is 4.79 Å². The van der Waals surface area contributed by atoms with E-state index in [1.165, 1.54) is 0 Å². The number of amides is 1. The predicted molar refractivity (Wildman–Crippen MR) is 90.3 cm³/mol. The van der Waals surface area contributed by atoms with Gasteiger partial charge >= 0.3 is 0 Å². The van der Waals surface area contributed by atoms with Crippen molar-refractivity contribution in [2.75, 3.05) is 31.2 Å². The monoisotopic (exact) mass is 307 g/mol. The summed E-state index contributed by atoms with van der Waals surface area (Å²) in [5, 5.41) is 3.05. The van der Waals surface area contributed by atoms with Crippen LogP contribution in [0.25, 0.3) is 0 Å². The summed E-state index contributed by atoms with van der Waals surface area (Å²) >= 11 is 1.93. The molecule has 1 fully saturated rings. The van der Waals surface area contributed by atoms with Gasteiger partial charge in [-0.2, -0.15) is 11.8 Å². The van der Waals surface area contributed by atoms with E-state index < -0.39 is 0 Å². The Labute approximate surface area is 131 Å². The highest BCUT2D eigenvalue weighted by Gasteiger charge is 2.30. The largest absolute Gasteiger partial charge is 0.373 e. The molecule has 0 spiro atoms. The first kappa shape index (κ1) is 16.1. The van der Waals surface area contributed by atoms with Gasteiger partial charge in [0.2, 0.25) is 0 Å². The average molecular weight is 307 g/mol. The highest BCUT2D eigenvalue weighted by Crippen LogP contribution is 2.30. The number of carbonyl (C=O) groups is 1. The lowest BCUT2D eigenvalue weighted by Crippen LogP contribution is -2.46. The van der Waals surface area contributed by atoms with Crippen molar-refractivity contribution in [1.82, 2.24) is 9.88 Å². The molecule has 1 amide bonds. The van der Waals surface area contributed by atoms with Gasteiger partial charge in [-0.1, -0.05) is 13.8 Å². The maximum absolute atomic E-state index is 12.8. The number of nitrogens with zero attached hydrogens (tertiary/aromatic N) is 2. The molecular weight excluding hydrogens is 282 g/mol. The number of pyridine rings is 1. The third kappa shape index (κ3) is 3.90. The van der Waals surface area contributed by atoms with Crippen molar-refractivity contribution >= 4 is 23.5 Å². The van der Waals surface area contributed by atoms with E-state index in [1.807, 2.05) is 35.8 Å². The Bertz CT molecular complexity index is 528. The van der Waals surface area contributed by atoms with Crippen molar-refractivity contribution in [3.05, 3.63) is 23.4 Å². The summed E-state index contributed by atoms with van der Waals surface area (Å²) < 4.78 is 0.133. The third-order valence-corrected chi connectivity index (χ3v) is 4.95. The summed E-state index contributed by atoms with van der Waals surface area (Å²) in [6.07, 6.45) is 0. The number of anilines is 1. The fourth-order valence-electron chi connectivity index (χ4n) is 2.47. The van der Waals surface area contributed by atoms with Crippen LogP contribution < -0.4 is 5.32 Å². The molecule has 0 radical (unpaired) electrons. The maximum Gasteiger partial charge on any atom is 0.254 e. The first-order chi connectivity index (χ1) is 9.82. The van der Waals surface area contributed by atoms with Crippen molar-refractivity contribution in [3.63, 3.8) is 0 Å². The minimum absolute atomic E-state index is 0.115. The molecule has 0 bridgehead atoms. The minimum Gasteiger partial charge on any atom is -0.373 e. The lowest BCUT2D eigenvalue weighted by molar-refractivity contribution is 0.0748. The van der Waals surface area contributed by atoms with Gasteiger partial charge in [0, 0.05) is 41.9 Å². The van der Waals surface area contributed by atoms with Crippen LogP contribution in [-0.4, -0.2) is 46.4 Å². The number of hydrogen-bond donors (Lipinski definition) is 1. The molecule has 1 aromatic heterocycles. The molecule has 1 aliphatic rings. The van der Waals surface area contributed by atoms with Crippen LogP contribution in [0.3, 0.4) is 0 Å². The number of hydrogen-bond acceptors (Lipinski definition) is 4. The van der Waals surface area contributed by atoms with E-state index in [2.05, 4.69) is 38.0 Å². The minimum atomic E-state index is 0.115.